The number of hydrogen-bond donors (Lipinski definition) is 3. The van der Waals surface area contributed by atoms with Gasteiger partial charge in [-0.1, -0.05) is 24.3 Å². The molecule has 1 atom stereocenters. The Bertz CT molecular complexity index is 960. The zero-order chi connectivity index (χ0) is 20.2. The van der Waals surface area contributed by atoms with E-state index in [1.807, 2.05) is 12.1 Å². The number of rotatable bonds is 5. The van der Waals surface area contributed by atoms with E-state index in [2.05, 4.69) is 38.8 Å². The summed E-state index contributed by atoms with van der Waals surface area (Å²) in [5.41, 5.74) is 2.35. The van der Waals surface area contributed by atoms with Crippen LogP contribution in [-0.4, -0.2) is 43.7 Å². The Kier molecular flexibility index (Phi) is 5.64. The van der Waals surface area contributed by atoms with Gasteiger partial charge in [0.2, 0.25) is 0 Å². The van der Waals surface area contributed by atoms with Crippen molar-refractivity contribution in [2.24, 2.45) is 4.99 Å². The fourth-order valence-corrected chi connectivity index (χ4v) is 3.84. The van der Waals surface area contributed by atoms with Crippen molar-refractivity contribution in [3.63, 3.8) is 0 Å². The lowest BCUT2D eigenvalue weighted by Crippen LogP contribution is -2.45. The summed E-state index contributed by atoms with van der Waals surface area (Å²) in [5.74, 6) is -0.347. The second-order valence-electron chi connectivity index (χ2n) is 7.28. The van der Waals surface area contributed by atoms with Gasteiger partial charge in [-0.15, -0.1) is 0 Å². The van der Waals surface area contributed by atoms with Gasteiger partial charge in [0.05, 0.1) is 0 Å². The van der Waals surface area contributed by atoms with E-state index in [-0.39, 0.29) is 11.7 Å². The maximum absolute atomic E-state index is 14.0. The molecule has 1 saturated heterocycles. The van der Waals surface area contributed by atoms with Crippen molar-refractivity contribution in [1.29, 1.82) is 0 Å². The number of aliphatic imine (C=N–C) groups is 1. The number of fused-ring (bicyclic) bond motifs is 1. The van der Waals surface area contributed by atoms with E-state index in [0.717, 1.165) is 30.6 Å². The van der Waals surface area contributed by atoms with Gasteiger partial charge in [-0.3, -0.25) is 4.99 Å². The van der Waals surface area contributed by atoms with Gasteiger partial charge in [0, 0.05) is 50.4 Å². The molecule has 1 aliphatic heterocycles. The molecule has 7 heteroatoms. The number of nitrogens with zero attached hydrogens (tertiary/aromatic N) is 2. The fourth-order valence-electron chi connectivity index (χ4n) is 3.84. The predicted octanol–water partition coefficient (Wildman–Crippen LogP) is 3.43. The molecule has 152 valence electrons. The topological polar surface area (TPSA) is 55.5 Å². The first-order valence-corrected chi connectivity index (χ1v) is 9.87. The van der Waals surface area contributed by atoms with E-state index < -0.39 is 11.6 Å². The van der Waals surface area contributed by atoms with E-state index in [1.54, 1.807) is 11.9 Å². The lowest BCUT2D eigenvalue weighted by molar-refractivity contribution is 0.576. The van der Waals surface area contributed by atoms with Gasteiger partial charge in [0.1, 0.15) is 17.3 Å². The summed E-state index contributed by atoms with van der Waals surface area (Å²) in [6, 6.07) is 14.4. The van der Waals surface area contributed by atoms with Crippen molar-refractivity contribution in [2.45, 2.75) is 18.9 Å². The second kappa shape index (κ2) is 8.51. The molecule has 3 N–H and O–H groups in total. The number of anilines is 1. The number of para-hydroxylation sites is 2. The second-order valence-corrected chi connectivity index (χ2v) is 7.28. The number of halogens is 2. The average molecular weight is 397 g/mol. The van der Waals surface area contributed by atoms with Crippen molar-refractivity contribution in [3.8, 4) is 0 Å². The van der Waals surface area contributed by atoms with Crippen LogP contribution in [-0.2, 0) is 6.42 Å². The van der Waals surface area contributed by atoms with Crippen LogP contribution in [0.25, 0.3) is 10.9 Å². The molecule has 1 unspecified atom stereocenters. The third-order valence-electron chi connectivity index (χ3n) is 5.28. The Morgan fingerprint density at radius 2 is 1.97 bits per heavy atom. The highest BCUT2D eigenvalue weighted by molar-refractivity contribution is 5.81. The van der Waals surface area contributed by atoms with Gasteiger partial charge in [-0.25, -0.2) is 8.78 Å². The molecule has 3 aromatic rings. The minimum atomic E-state index is -0.522. The first kappa shape index (κ1) is 19.2. The van der Waals surface area contributed by atoms with E-state index in [1.165, 1.54) is 23.6 Å². The normalized spacial score (nSPS) is 17.1. The number of aromatic nitrogens is 1. The summed E-state index contributed by atoms with van der Waals surface area (Å²) in [5, 5.41) is 7.88. The smallest absolute Gasteiger partial charge is 0.191 e. The Labute approximate surface area is 168 Å². The summed E-state index contributed by atoms with van der Waals surface area (Å²) in [7, 11) is 1.72. The zero-order valence-corrected chi connectivity index (χ0v) is 16.4. The zero-order valence-electron chi connectivity index (χ0n) is 16.4. The number of H-pyrrole nitrogens is 1. The average Bonchev–Trinajstić information content (AvgIpc) is 3.33. The first-order valence-electron chi connectivity index (χ1n) is 9.87. The van der Waals surface area contributed by atoms with E-state index in [0.29, 0.717) is 19.0 Å². The molecule has 2 aromatic carbocycles. The van der Waals surface area contributed by atoms with Crippen LogP contribution in [0.15, 0.2) is 53.5 Å². The summed E-state index contributed by atoms with van der Waals surface area (Å²) in [4.78, 5) is 9.44. The lowest BCUT2D eigenvalue weighted by Gasteiger charge is -2.21. The maximum atomic E-state index is 14.0. The van der Waals surface area contributed by atoms with Crippen LogP contribution in [0, 0.1) is 11.6 Å². The van der Waals surface area contributed by atoms with Crippen LogP contribution in [0.2, 0.25) is 0 Å². The van der Waals surface area contributed by atoms with Crippen molar-refractivity contribution < 1.29 is 8.78 Å². The Morgan fingerprint density at radius 1 is 1.17 bits per heavy atom. The number of aromatic amines is 1. The summed E-state index contributed by atoms with van der Waals surface area (Å²) in [6.07, 6.45) is 1.63. The molecule has 1 aliphatic rings. The van der Waals surface area contributed by atoms with Gasteiger partial charge < -0.3 is 20.5 Å². The van der Waals surface area contributed by atoms with Gasteiger partial charge in [-0.2, -0.15) is 0 Å². The first-order chi connectivity index (χ1) is 14.1. The Hall–Kier alpha value is -3.09. The third-order valence-corrected chi connectivity index (χ3v) is 5.28. The number of hydrogen-bond acceptors (Lipinski definition) is 2. The standard InChI is InChI=1S/C22H25F2N5/c1-25-22(26-11-9-16-13-15-5-2-3-8-20(15)27-16)28-17-10-12-29(14-17)21-18(23)6-4-7-19(21)24/h2-8,13,17,27H,9-12,14H2,1H3,(H2,25,26,28). The number of guanidine groups is 1. The molecule has 29 heavy (non-hydrogen) atoms. The molecular formula is C22H25F2N5. The van der Waals surface area contributed by atoms with E-state index >= 15 is 0 Å². The van der Waals surface area contributed by atoms with E-state index in [4.69, 9.17) is 0 Å². The minimum absolute atomic E-state index is 0.0542. The summed E-state index contributed by atoms with van der Waals surface area (Å²) < 4.78 is 28.0. The SMILES string of the molecule is CN=C(NCCc1cc2ccccc2[nH]1)NC1CCN(c2c(F)cccc2F)C1. The van der Waals surface area contributed by atoms with Crippen LogP contribution >= 0.6 is 0 Å². The summed E-state index contributed by atoms with van der Waals surface area (Å²) >= 11 is 0. The Balaban J connectivity index is 1.29. The lowest BCUT2D eigenvalue weighted by atomic mass is 10.2. The molecule has 0 spiro atoms. The van der Waals surface area contributed by atoms with Gasteiger partial charge in [0.15, 0.2) is 5.96 Å². The van der Waals surface area contributed by atoms with Crippen LogP contribution < -0.4 is 15.5 Å². The molecule has 0 saturated carbocycles. The van der Waals surface area contributed by atoms with Crippen molar-refractivity contribution >= 4 is 22.5 Å². The molecule has 1 aromatic heterocycles. The van der Waals surface area contributed by atoms with Crippen LogP contribution in [0.3, 0.4) is 0 Å². The van der Waals surface area contributed by atoms with Gasteiger partial charge in [-0.05, 0) is 36.1 Å². The quantitative estimate of drug-likeness (QED) is 0.457. The highest BCUT2D eigenvalue weighted by Gasteiger charge is 2.27. The molecular weight excluding hydrogens is 372 g/mol. The Morgan fingerprint density at radius 3 is 2.72 bits per heavy atom. The molecule has 5 nitrogen and oxygen atoms in total. The molecule has 0 amide bonds. The van der Waals surface area contributed by atoms with Crippen LogP contribution in [0.4, 0.5) is 14.5 Å². The number of nitrogens with one attached hydrogen (secondary N) is 3. The molecule has 4 rings (SSSR count). The van der Waals surface area contributed by atoms with Crippen molar-refractivity contribution in [3.05, 3.63) is 65.9 Å². The molecule has 0 radical (unpaired) electrons. The minimum Gasteiger partial charge on any atom is -0.365 e. The molecule has 0 aliphatic carbocycles. The van der Waals surface area contributed by atoms with Crippen molar-refractivity contribution in [1.82, 2.24) is 15.6 Å². The molecule has 2 heterocycles. The number of benzene rings is 2. The highest BCUT2D eigenvalue weighted by atomic mass is 19.1. The van der Waals surface area contributed by atoms with Crippen molar-refractivity contribution in [2.75, 3.05) is 31.6 Å². The third kappa shape index (κ3) is 4.34. The van der Waals surface area contributed by atoms with E-state index in [9.17, 15) is 8.78 Å². The monoisotopic (exact) mass is 397 g/mol. The van der Waals surface area contributed by atoms with Gasteiger partial charge >= 0.3 is 0 Å². The molecule has 0 bridgehead atoms. The maximum Gasteiger partial charge on any atom is 0.191 e. The summed E-state index contributed by atoms with van der Waals surface area (Å²) in [6.45, 7) is 1.85. The fraction of sp³-hybridized carbons (Fsp3) is 0.318. The predicted molar refractivity (Wildman–Crippen MR) is 113 cm³/mol. The highest BCUT2D eigenvalue weighted by Crippen LogP contribution is 2.26. The van der Waals surface area contributed by atoms with Crippen LogP contribution in [0.5, 0.6) is 0 Å². The molecule has 1 fully saturated rings. The largest absolute Gasteiger partial charge is 0.365 e. The van der Waals surface area contributed by atoms with Gasteiger partial charge in [0.25, 0.3) is 0 Å². The van der Waals surface area contributed by atoms with Crippen LogP contribution in [0.1, 0.15) is 12.1 Å².